The van der Waals surface area contributed by atoms with Gasteiger partial charge in [-0.25, -0.2) is 9.86 Å². The summed E-state index contributed by atoms with van der Waals surface area (Å²) in [6, 6.07) is -0.329. The highest BCUT2D eigenvalue weighted by Crippen LogP contribution is 2.44. The lowest BCUT2D eigenvalue weighted by atomic mass is 9.77. The number of carbonyl (C=O) groups excluding carboxylic acids is 1. The summed E-state index contributed by atoms with van der Waals surface area (Å²) in [5.74, 6) is 1.36. The first-order valence-electron chi connectivity index (χ1n) is 7.25. The third-order valence-electron chi connectivity index (χ3n) is 4.81. The number of nitrogens with zero attached hydrogens (tertiary/aromatic N) is 4. The number of carbonyl (C=O) groups is 1. The van der Waals surface area contributed by atoms with Gasteiger partial charge in [-0.15, -0.1) is 10.2 Å². The molecule has 108 valence electrons. The first-order valence-corrected chi connectivity index (χ1v) is 8.07. The van der Waals surface area contributed by atoms with E-state index in [4.69, 9.17) is 0 Å². The van der Waals surface area contributed by atoms with E-state index in [-0.39, 0.29) is 18.1 Å². The zero-order chi connectivity index (χ0) is 13.9. The molecule has 7 heteroatoms. The Balaban J connectivity index is 1.54. The number of hydroxylamine groups is 2. The fourth-order valence-corrected chi connectivity index (χ4v) is 4.68. The van der Waals surface area contributed by atoms with Crippen LogP contribution in [0.15, 0.2) is 0 Å². The molecule has 2 aliphatic heterocycles. The predicted octanol–water partition coefficient (Wildman–Crippen LogP) is 2.38. The van der Waals surface area contributed by atoms with Gasteiger partial charge in [-0.3, -0.25) is 5.21 Å². The van der Waals surface area contributed by atoms with Crippen molar-refractivity contribution in [1.82, 2.24) is 20.2 Å². The maximum Gasteiger partial charge on any atom is 0.344 e. The molecule has 6 nitrogen and oxygen atoms in total. The van der Waals surface area contributed by atoms with Gasteiger partial charge in [0.25, 0.3) is 0 Å². The molecule has 1 aliphatic carbocycles. The monoisotopic (exact) mass is 294 g/mol. The minimum Gasteiger partial charge on any atom is -0.311 e. The van der Waals surface area contributed by atoms with Crippen LogP contribution in [0.5, 0.6) is 0 Å². The van der Waals surface area contributed by atoms with Crippen LogP contribution in [0.3, 0.4) is 0 Å². The maximum atomic E-state index is 12.0. The molecule has 0 radical (unpaired) electrons. The van der Waals surface area contributed by atoms with Crippen LogP contribution in [0, 0.1) is 5.92 Å². The number of amides is 2. The number of urea groups is 1. The summed E-state index contributed by atoms with van der Waals surface area (Å²) in [4.78, 5) is 13.7. The van der Waals surface area contributed by atoms with E-state index in [0.717, 1.165) is 33.8 Å². The summed E-state index contributed by atoms with van der Waals surface area (Å²) in [5.41, 5.74) is 0. The van der Waals surface area contributed by atoms with E-state index in [1.807, 2.05) is 0 Å². The second-order valence-corrected chi connectivity index (χ2v) is 7.32. The van der Waals surface area contributed by atoms with Gasteiger partial charge in [0.1, 0.15) is 10.0 Å². The topological polar surface area (TPSA) is 69.6 Å². The lowest BCUT2D eigenvalue weighted by molar-refractivity contribution is -0.0584. The molecule has 0 spiro atoms. The molecule has 20 heavy (non-hydrogen) atoms. The third kappa shape index (κ3) is 1.76. The van der Waals surface area contributed by atoms with Crippen molar-refractivity contribution in [3.63, 3.8) is 0 Å². The summed E-state index contributed by atoms with van der Waals surface area (Å²) in [6.07, 6.45) is 4.10. The van der Waals surface area contributed by atoms with Crippen LogP contribution in [-0.2, 0) is 0 Å². The van der Waals surface area contributed by atoms with Crippen molar-refractivity contribution in [2.24, 2.45) is 5.92 Å². The van der Waals surface area contributed by atoms with E-state index in [1.165, 1.54) is 12.8 Å². The van der Waals surface area contributed by atoms with E-state index >= 15 is 0 Å². The summed E-state index contributed by atoms with van der Waals surface area (Å²) in [7, 11) is 0. The average molecular weight is 294 g/mol. The molecule has 1 saturated carbocycles. The largest absolute Gasteiger partial charge is 0.344 e. The van der Waals surface area contributed by atoms with Crippen molar-refractivity contribution in [2.45, 2.75) is 50.6 Å². The smallest absolute Gasteiger partial charge is 0.311 e. The molecule has 1 aromatic heterocycles. The number of hydrogen-bond acceptors (Lipinski definition) is 5. The van der Waals surface area contributed by atoms with Crippen LogP contribution in [0.25, 0.3) is 0 Å². The first-order chi connectivity index (χ1) is 9.63. The quantitative estimate of drug-likeness (QED) is 0.850. The van der Waals surface area contributed by atoms with Crippen LogP contribution in [-0.4, -0.2) is 44.0 Å². The molecular formula is C13H18N4O2S. The predicted molar refractivity (Wildman–Crippen MR) is 72.5 cm³/mol. The molecule has 1 N–H and O–H groups in total. The molecule has 2 saturated heterocycles. The number of piperidine rings is 1. The Labute approximate surface area is 121 Å². The molecular weight excluding hydrogens is 276 g/mol. The zero-order valence-electron chi connectivity index (χ0n) is 11.4. The van der Waals surface area contributed by atoms with Gasteiger partial charge in [0.05, 0.1) is 12.1 Å². The zero-order valence-corrected chi connectivity index (χ0v) is 12.2. The van der Waals surface area contributed by atoms with Crippen LogP contribution in [0.2, 0.25) is 0 Å². The van der Waals surface area contributed by atoms with E-state index in [9.17, 15) is 10.0 Å². The molecule has 2 bridgehead atoms. The Morgan fingerprint density at radius 1 is 1.25 bits per heavy atom. The van der Waals surface area contributed by atoms with Crippen molar-refractivity contribution < 1.29 is 10.0 Å². The summed E-state index contributed by atoms with van der Waals surface area (Å²) < 4.78 is 0. The first kappa shape index (κ1) is 12.5. The number of fused-ring (bicyclic) bond motifs is 2. The van der Waals surface area contributed by atoms with Crippen LogP contribution in [0.4, 0.5) is 4.79 Å². The fraction of sp³-hybridized carbons (Fsp3) is 0.769. The molecule has 1 aromatic rings. The van der Waals surface area contributed by atoms with Gasteiger partial charge in [0, 0.05) is 12.5 Å². The molecule has 3 aliphatic rings. The Hall–Kier alpha value is -1.21. The lowest BCUT2D eigenvalue weighted by Crippen LogP contribution is -2.33. The fourth-order valence-electron chi connectivity index (χ4n) is 3.56. The van der Waals surface area contributed by atoms with Crippen LogP contribution >= 0.6 is 11.3 Å². The van der Waals surface area contributed by atoms with Gasteiger partial charge in [-0.05, 0) is 31.6 Å². The van der Waals surface area contributed by atoms with Crippen molar-refractivity contribution in [2.75, 3.05) is 6.54 Å². The second-order valence-electron chi connectivity index (χ2n) is 6.28. The van der Waals surface area contributed by atoms with Gasteiger partial charge in [0.15, 0.2) is 0 Å². The van der Waals surface area contributed by atoms with Gasteiger partial charge in [-0.2, -0.15) is 0 Å². The van der Waals surface area contributed by atoms with E-state index < -0.39 is 0 Å². The van der Waals surface area contributed by atoms with E-state index in [2.05, 4.69) is 17.1 Å². The summed E-state index contributed by atoms with van der Waals surface area (Å²) >= 11 is 1.65. The Morgan fingerprint density at radius 2 is 2.00 bits per heavy atom. The van der Waals surface area contributed by atoms with Crippen molar-refractivity contribution in [3.8, 4) is 0 Å². The molecule has 2 atom stereocenters. The van der Waals surface area contributed by atoms with Gasteiger partial charge in [-0.1, -0.05) is 18.3 Å². The maximum absolute atomic E-state index is 12.0. The Bertz CT molecular complexity index is 542. The van der Waals surface area contributed by atoms with Crippen molar-refractivity contribution in [3.05, 3.63) is 10.0 Å². The number of hydrogen-bond donors (Lipinski definition) is 1. The van der Waals surface area contributed by atoms with E-state index in [0.29, 0.717) is 12.5 Å². The molecule has 0 unspecified atom stereocenters. The van der Waals surface area contributed by atoms with Crippen LogP contribution < -0.4 is 0 Å². The highest BCUT2D eigenvalue weighted by Gasteiger charge is 2.46. The summed E-state index contributed by atoms with van der Waals surface area (Å²) in [5, 5.41) is 21.3. The van der Waals surface area contributed by atoms with Crippen molar-refractivity contribution in [1.29, 1.82) is 0 Å². The minimum atomic E-state index is -0.286. The number of aromatic nitrogens is 2. The number of rotatable bonds is 2. The minimum absolute atomic E-state index is 0.000324. The highest BCUT2D eigenvalue weighted by molar-refractivity contribution is 7.11. The third-order valence-corrected chi connectivity index (χ3v) is 6.00. The molecule has 0 aromatic carbocycles. The normalized spacial score (nSPS) is 36.4. The molecule has 3 heterocycles. The average Bonchev–Trinajstić information content (AvgIpc) is 2.97. The highest BCUT2D eigenvalue weighted by atomic mass is 32.1. The van der Waals surface area contributed by atoms with Gasteiger partial charge >= 0.3 is 6.03 Å². The Kier molecular flexibility index (Phi) is 2.75. The van der Waals surface area contributed by atoms with Gasteiger partial charge in [0.2, 0.25) is 0 Å². The second kappa shape index (κ2) is 4.39. The molecule has 4 rings (SSSR count). The lowest BCUT2D eigenvalue weighted by Gasteiger charge is -2.30. The standard InChI is InChI=1S/C13H18N4O2S/c1-7-4-8(5-7)11-14-15-12(20-11)10-3-2-9-6-16(10)13(18)17(9)19/h7-10,19H,2-6H2,1H3/t7-,8-,9-,10+/m1/s1. The SMILES string of the molecule is C[C@H]1C[C@H](c2nnc([C@@H]3CC[C@@H]4CN3C(=O)N4O)s2)C1. The Morgan fingerprint density at radius 3 is 2.75 bits per heavy atom. The molecule has 2 amide bonds. The summed E-state index contributed by atoms with van der Waals surface area (Å²) in [6.45, 7) is 2.87. The van der Waals surface area contributed by atoms with E-state index in [1.54, 1.807) is 16.2 Å². The van der Waals surface area contributed by atoms with Crippen LogP contribution in [0.1, 0.15) is 54.6 Å². The van der Waals surface area contributed by atoms with Gasteiger partial charge < -0.3 is 4.90 Å². The molecule has 3 fully saturated rings. The van der Waals surface area contributed by atoms with Crippen molar-refractivity contribution >= 4 is 17.4 Å².